The molecule has 1 aromatic heterocycles. The largest absolute Gasteiger partial charge is 0.497 e. The Hall–Kier alpha value is -2.56. The molecule has 0 fully saturated rings. The van der Waals surface area contributed by atoms with Gasteiger partial charge in [-0.2, -0.15) is 0 Å². The lowest BCUT2D eigenvalue weighted by Gasteiger charge is -2.08. The van der Waals surface area contributed by atoms with E-state index in [9.17, 15) is 4.79 Å². The van der Waals surface area contributed by atoms with Crippen molar-refractivity contribution in [3.05, 3.63) is 48.2 Å². The quantitative estimate of drug-likeness (QED) is 0.855. The summed E-state index contributed by atoms with van der Waals surface area (Å²) in [5.74, 6) is 1.26. The highest BCUT2D eigenvalue weighted by Gasteiger charge is 2.07. The fraction of sp³-hybridized carbons (Fsp3) is 0.250. The molecular weight excluding hydrogens is 266 g/mol. The van der Waals surface area contributed by atoms with E-state index >= 15 is 0 Å². The number of methoxy groups -OCH3 is 1. The summed E-state index contributed by atoms with van der Waals surface area (Å²) in [6, 6.07) is 10.7. The highest BCUT2D eigenvalue weighted by molar-refractivity contribution is 6.04. The van der Waals surface area contributed by atoms with Gasteiger partial charge in [-0.05, 0) is 36.8 Å². The first-order valence-electron chi connectivity index (χ1n) is 6.88. The lowest BCUT2D eigenvalue weighted by Crippen LogP contribution is -2.12. The Morgan fingerprint density at radius 1 is 1.29 bits per heavy atom. The number of carbonyl (C=O) groups is 1. The van der Waals surface area contributed by atoms with Gasteiger partial charge in [0, 0.05) is 12.1 Å². The molecule has 1 amide bonds. The van der Waals surface area contributed by atoms with E-state index in [-0.39, 0.29) is 5.91 Å². The molecule has 1 aromatic carbocycles. The number of nitrogens with one attached hydrogen (secondary N) is 2. The van der Waals surface area contributed by atoms with Crippen molar-refractivity contribution in [2.45, 2.75) is 13.3 Å². The second-order valence-corrected chi connectivity index (χ2v) is 4.54. The van der Waals surface area contributed by atoms with Gasteiger partial charge in [-0.1, -0.05) is 13.0 Å². The van der Waals surface area contributed by atoms with Crippen LogP contribution in [0.2, 0.25) is 0 Å². The van der Waals surface area contributed by atoms with Gasteiger partial charge in [-0.15, -0.1) is 0 Å². The molecule has 0 bridgehead atoms. The fourth-order valence-electron chi connectivity index (χ4n) is 1.79. The van der Waals surface area contributed by atoms with Gasteiger partial charge in [-0.3, -0.25) is 4.79 Å². The second kappa shape index (κ2) is 7.28. The minimum absolute atomic E-state index is 0.190. The molecule has 0 spiro atoms. The molecule has 1 heterocycles. The fourth-order valence-corrected chi connectivity index (χ4v) is 1.79. The molecular formula is C16H19N3O2. The number of anilines is 2. The van der Waals surface area contributed by atoms with Crippen LogP contribution in [-0.2, 0) is 0 Å². The number of aromatic nitrogens is 1. The molecule has 2 aromatic rings. The minimum Gasteiger partial charge on any atom is -0.497 e. The summed E-state index contributed by atoms with van der Waals surface area (Å²) in [5.41, 5.74) is 1.20. The molecule has 5 nitrogen and oxygen atoms in total. The number of nitrogens with zero attached hydrogens (tertiary/aromatic N) is 1. The van der Waals surface area contributed by atoms with Crippen molar-refractivity contribution >= 4 is 17.4 Å². The maximum absolute atomic E-state index is 12.1. The van der Waals surface area contributed by atoms with E-state index in [0.717, 1.165) is 18.8 Å². The van der Waals surface area contributed by atoms with E-state index in [4.69, 9.17) is 4.74 Å². The molecule has 0 aliphatic rings. The van der Waals surface area contributed by atoms with E-state index in [1.54, 1.807) is 37.6 Å². The first-order chi connectivity index (χ1) is 10.2. The molecule has 0 saturated carbocycles. The van der Waals surface area contributed by atoms with E-state index in [0.29, 0.717) is 17.0 Å². The number of carbonyl (C=O) groups excluding carboxylic acids is 1. The number of ether oxygens (including phenoxy) is 1. The van der Waals surface area contributed by atoms with E-state index < -0.39 is 0 Å². The monoisotopic (exact) mass is 285 g/mol. The highest BCUT2D eigenvalue weighted by atomic mass is 16.5. The van der Waals surface area contributed by atoms with Crippen LogP contribution < -0.4 is 15.4 Å². The van der Waals surface area contributed by atoms with E-state index in [1.807, 2.05) is 12.1 Å². The number of hydrogen-bond donors (Lipinski definition) is 2. The Labute approximate surface area is 124 Å². The van der Waals surface area contributed by atoms with Gasteiger partial charge in [0.1, 0.15) is 11.6 Å². The van der Waals surface area contributed by atoms with Crippen LogP contribution >= 0.6 is 0 Å². The van der Waals surface area contributed by atoms with Crippen molar-refractivity contribution in [2.75, 3.05) is 24.3 Å². The second-order valence-electron chi connectivity index (χ2n) is 4.54. The van der Waals surface area contributed by atoms with Crippen molar-refractivity contribution < 1.29 is 9.53 Å². The van der Waals surface area contributed by atoms with Crippen LogP contribution in [0.3, 0.4) is 0 Å². The molecule has 2 N–H and O–H groups in total. The van der Waals surface area contributed by atoms with Crippen molar-refractivity contribution in [2.24, 2.45) is 0 Å². The van der Waals surface area contributed by atoms with Crippen molar-refractivity contribution in [1.82, 2.24) is 4.98 Å². The van der Waals surface area contributed by atoms with Gasteiger partial charge < -0.3 is 15.4 Å². The maximum atomic E-state index is 12.1. The Morgan fingerprint density at radius 3 is 2.81 bits per heavy atom. The standard InChI is InChI=1S/C16H19N3O2/c1-3-9-17-15-8-7-13(11-18-15)19-16(20)12-5-4-6-14(10-12)21-2/h4-8,10-11H,3,9H2,1-2H3,(H,17,18)(H,19,20). The van der Waals surface area contributed by atoms with Crippen LogP contribution in [0.1, 0.15) is 23.7 Å². The van der Waals surface area contributed by atoms with E-state index in [2.05, 4.69) is 22.5 Å². The summed E-state index contributed by atoms with van der Waals surface area (Å²) in [4.78, 5) is 16.4. The molecule has 110 valence electrons. The zero-order valence-electron chi connectivity index (χ0n) is 12.2. The normalized spacial score (nSPS) is 10.0. The summed E-state index contributed by atoms with van der Waals surface area (Å²) in [5, 5.41) is 5.99. The van der Waals surface area contributed by atoms with Crippen LogP contribution in [0.4, 0.5) is 11.5 Å². The van der Waals surface area contributed by atoms with Crippen LogP contribution in [0, 0.1) is 0 Å². The molecule has 0 aliphatic heterocycles. The Bertz CT molecular complexity index is 597. The summed E-state index contributed by atoms with van der Waals surface area (Å²) >= 11 is 0. The SMILES string of the molecule is CCCNc1ccc(NC(=O)c2cccc(OC)c2)cn1. The first kappa shape index (κ1) is 14.8. The predicted octanol–water partition coefficient (Wildman–Crippen LogP) is 3.16. The lowest BCUT2D eigenvalue weighted by atomic mass is 10.2. The summed E-state index contributed by atoms with van der Waals surface area (Å²) in [7, 11) is 1.57. The lowest BCUT2D eigenvalue weighted by molar-refractivity contribution is 0.102. The Morgan fingerprint density at radius 2 is 2.14 bits per heavy atom. The molecule has 2 rings (SSSR count). The molecule has 0 saturated heterocycles. The summed E-state index contributed by atoms with van der Waals surface area (Å²) < 4.78 is 5.11. The van der Waals surface area contributed by atoms with Gasteiger partial charge in [0.05, 0.1) is 19.0 Å². The van der Waals surface area contributed by atoms with E-state index in [1.165, 1.54) is 0 Å². The molecule has 21 heavy (non-hydrogen) atoms. The molecule has 0 atom stereocenters. The van der Waals surface area contributed by atoms with Crippen molar-refractivity contribution in [3.63, 3.8) is 0 Å². The molecule has 0 aliphatic carbocycles. The first-order valence-corrected chi connectivity index (χ1v) is 6.88. The molecule has 0 unspecified atom stereocenters. The van der Waals surface area contributed by atoms with Crippen molar-refractivity contribution in [3.8, 4) is 5.75 Å². The topological polar surface area (TPSA) is 63.2 Å². The summed E-state index contributed by atoms with van der Waals surface area (Å²) in [6.07, 6.45) is 2.67. The maximum Gasteiger partial charge on any atom is 0.255 e. The van der Waals surface area contributed by atoms with Gasteiger partial charge in [0.15, 0.2) is 0 Å². The third-order valence-electron chi connectivity index (χ3n) is 2.91. The number of hydrogen-bond acceptors (Lipinski definition) is 4. The average molecular weight is 285 g/mol. The van der Waals surface area contributed by atoms with Crippen LogP contribution in [0.25, 0.3) is 0 Å². The number of benzene rings is 1. The average Bonchev–Trinajstić information content (AvgIpc) is 2.54. The molecule has 0 radical (unpaired) electrons. The van der Waals surface area contributed by atoms with Crippen LogP contribution in [-0.4, -0.2) is 24.5 Å². The number of pyridine rings is 1. The number of amides is 1. The third kappa shape index (κ3) is 4.21. The summed E-state index contributed by atoms with van der Waals surface area (Å²) in [6.45, 7) is 2.97. The third-order valence-corrected chi connectivity index (χ3v) is 2.91. The van der Waals surface area contributed by atoms with Crippen molar-refractivity contribution in [1.29, 1.82) is 0 Å². The van der Waals surface area contributed by atoms with Gasteiger partial charge >= 0.3 is 0 Å². The van der Waals surface area contributed by atoms with Gasteiger partial charge in [0.2, 0.25) is 0 Å². The van der Waals surface area contributed by atoms with Crippen LogP contribution in [0.5, 0.6) is 5.75 Å². The highest BCUT2D eigenvalue weighted by Crippen LogP contribution is 2.15. The van der Waals surface area contributed by atoms with Crippen LogP contribution in [0.15, 0.2) is 42.6 Å². The Balaban J connectivity index is 2.01. The van der Waals surface area contributed by atoms with Gasteiger partial charge in [-0.25, -0.2) is 4.98 Å². The predicted molar refractivity (Wildman–Crippen MR) is 84.0 cm³/mol. The molecule has 5 heteroatoms. The minimum atomic E-state index is -0.190. The number of rotatable bonds is 6. The smallest absolute Gasteiger partial charge is 0.255 e. The van der Waals surface area contributed by atoms with Gasteiger partial charge in [0.25, 0.3) is 5.91 Å². The Kier molecular flexibility index (Phi) is 5.15. The zero-order chi connectivity index (χ0) is 15.1. The zero-order valence-corrected chi connectivity index (χ0v) is 12.2.